The van der Waals surface area contributed by atoms with E-state index < -0.39 is 10.8 Å². The molecular formula is C10H13Cl2NOS. The van der Waals surface area contributed by atoms with Crippen LogP contribution >= 0.6 is 23.2 Å². The Hall–Kier alpha value is -0.0900. The fourth-order valence-corrected chi connectivity index (χ4v) is 2.74. The second-order valence-electron chi connectivity index (χ2n) is 3.48. The molecular weight excluding hydrogens is 253 g/mol. The van der Waals surface area contributed by atoms with Crippen LogP contribution in [0.15, 0.2) is 18.2 Å². The van der Waals surface area contributed by atoms with Gasteiger partial charge in [-0.1, -0.05) is 29.3 Å². The van der Waals surface area contributed by atoms with Crippen molar-refractivity contribution in [2.45, 2.75) is 18.7 Å². The highest BCUT2D eigenvalue weighted by Crippen LogP contribution is 2.23. The Balaban J connectivity index is 2.65. The van der Waals surface area contributed by atoms with Crippen LogP contribution in [0.4, 0.5) is 0 Å². The maximum atomic E-state index is 11.6. The zero-order valence-electron chi connectivity index (χ0n) is 8.37. The molecule has 2 unspecified atom stereocenters. The third-order valence-corrected chi connectivity index (χ3v) is 4.05. The minimum Gasteiger partial charge on any atom is -0.327 e. The van der Waals surface area contributed by atoms with E-state index in [0.717, 1.165) is 5.56 Å². The first-order valence-electron chi connectivity index (χ1n) is 4.53. The van der Waals surface area contributed by atoms with Gasteiger partial charge in [-0.15, -0.1) is 0 Å². The Labute approximate surface area is 102 Å². The van der Waals surface area contributed by atoms with Crippen LogP contribution in [0.25, 0.3) is 0 Å². The van der Waals surface area contributed by atoms with Gasteiger partial charge in [-0.3, -0.25) is 4.21 Å². The summed E-state index contributed by atoms with van der Waals surface area (Å²) in [5, 5.41) is 1.00. The highest BCUT2D eigenvalue weighted by molar-refractivity contribution is 7.84. The normalized spacial score (nSPS) is 14.9. The van der Waals surface area contributed by atoms with Gasteiger partial charge in [-0.2, -0.15) is 0 Å². The highest BCUT2D eigenvalue weighted by Gasteiger charge is 2.06. The molecule has 2 N–H and O–H groups in total. The van der Waals surface area contributed by atoms with E-state index in [1.165, 1.54) is 0 Å². The monoisotopic (exact) mass is 265 g/mol. The maximum Gasteiger partial charge on any atom is 0.0595 e. The van der Waals surface area contributed by atoms with Crippen LogP contribution in [0.3, 0.4) is 0 Å². The maximum absolute atomic E-state index is 11.6. The lowest BCUT2D eigenvalue weighted by atomic mass is 10.2. The van der Waals surface area contributed by atoms with Crippen molar-refractivity contribution >= 4 is 34.0 Å². The Morgan fingerprint density at radius 3 is 2.60 bits per heavy atom. The summed E-state index contributed by atoms with van der Waals surface area (Å²) in [6.45, 7) is 1.84. The van der Waals surface area contributed by atoms with Crippen molar-refractivity contribution in [1.82, 2.24) is 0 Å². The first-order chi connectivity index (χ1) is 6.99. The predicted octanol–water partition coefficient (Wildman–Crippen LogP) is 2.59. The van der Waals surface area contributed by atoms with Crippen molar-refractivity contribution in [1.29, 1.82) is 0 Å². The summed E-state index contributed by atoms with van der Waals surface area (Å²) in [7, 11) is -0.943. The molecule has 2 nitrogen and oxygen atoms in total. The highest BCUT2D eigenvalue weighted by atomic mass is 35.5. The molecule has 0 aliphatic rings. The van der Waals surface area contributed by atoms with E-state index in [0.29, 0.717) is 21.6 Å². The van der Waals surface area contributed by atoms with Gasteiger partial charge in [0.05, 0.1) is 10.0 Å². The largest absolute Gasteiger partial charge is 0.327 e. The molecule has 0 amide bonds. The fourth-order valence-electron chi connectivity index (χ4n) is 1.17. The third kappa shape index (κ3) is 4.51. The number of benzene rings is 1. The summed E-state index contributed by atoms with van der Waals surface area (Å²) in [6, 6.07) is 5.23. The van der Waals surface area contributed by atoms with E-state index in [1.807, 2.05) is 13.0 Å². The van der Waals surface area contributed by atoms with Gasteiger partial charge < -0.3 is 5.73 Å². The molecule has 1 rings (SSSR count). The minimum atomic E-state index is -0.943. The van der Waals surface area contributed by atoms with Crippen LogP contribution in [0, 0.1) is 0 Å². The van der Waals surface area contributed by atoms with Crippen LogP contribution in [-0.4, -0.2) is 16.0 Å². The van der Waals surface area contributed by atoms with E-state index in [2.05, 4.69) is 0 Å². The molecule has 0 bridgehead atoms. The third-order valence-electron chi connectivity index (χ3n) is 1.76. The summed E-state index contributed by atoms with van der Waals surface area (Å²) >= 11 is 11.6. The van der Waals surface area contributed by atoms with Gasteiger partial charge in [-0.05, 0) is 24.6 Å². The van der Waals surface area contributed by atoms with Crippen molar-refractivity contribution in [3.8, 4) is 0 Å². The summed E-state index contributed by atoms with van der Waals surface area (Å²) in [6.07, 6.45) is 0. The molecule has 0 heterocycles. The molecule has 84 valence electrons. The lowest BCUT2D eigenvalue weighted by Gasteiger charge is -2.06. The summed E-state index contributed by atoms with van der Waals surface area (Å²) in [5.74, 6) is 0.971. The molecule has 0 saturated carbocycles. The van der Waals surface area contributed by atoms with Crippen LogP contribution in [-0.2, 0) is 16.6 Å². The van der Waals surface area contributed by atoms with Crippen LogP contribution < -0.4 is 5.73 Å². The summed E-state index contributed by atoms with van der Waals surface area (Å²) in [5.41, 5.74) is 6.48. The van der Waals surface area contributed by atoms with Crippen molar-refractivity contribution in [3.05, 3.63) is 33.8 Å². The Kier molecular flexibility index (Phi) is 5.06. The second kappa shape index (κ2) is 5.85. The smallest absolute Gasteiger partial charge is 0.0595 e. The predicted molar refractivity (Wildman–Crippen MR) is 66.8 cm³/mol. The molecule has 15 heavy (non-hydrogen) atoms. The minimum absolute atomic E-state index is 0.0476. The van der Waals surface area contributed by atoms with Gasteiger partial charge in [-0.25, -0.2) is 0 Å². The van der Waals surface area contributed by atoms with Crippen molar-refractivity contribution in [2.24, 2.45) is 5.73 Å². The van der Waals surface area contributed by atoms with Gasteiger partial charge in [0.25, 0.3) is 0 Å². The van der Waals surface area contributed by atoms with Gasteiger partial charge in [0, 0.05) is 28.3 Å². The lowest BCUT2D eigenvalue weighted by Crippen LogP contribution is -2.23. The molecule has 0 spiro atoms. The molecule has 0 aromatic heterocycles. The molecule has 1 aromatic carbocycles. The van der Waals surface area contributed by atoms with Crippen molar-refractivity contribution in [3.63, 3.8) is 0 Å². The van der Waals surface area contributed by atoms with E-state index in [9.17, 15) is 4.21 Å². The molecule has 0 saturated heterocycles. The van der Waals surface area contributed by atoms with Gasteiger partial charge >= 0.3 is 0 Å². The van der Waals surface area contributed by atoms with E-state index in [4.69, 9.17) is 28.9 Å². The average Bonchev–Trinajstić information content (AvgIpc) is 2.10. The fraction of sp³-hybridized carbons (Fsp3) is 0.400. The number of hydrogen-bond donors (Lipinski definition) is 1. The Morgan fingerprint density at radius 1 is 1.40 bits per heavy atom. The number of halogens is 2. The van der Waals surface area contributed by atoms with Gasteiger partial charge in [0.15, 0.2) is 0 Å². The van der Waals surface area contributed by atoms with Gasteiger partial charge in [0.1, 0.15) is 0 Å². The van der Waals surface area contributed by atoms with E-state index in [-0.39, 0.29) is 6.04 Å². The van der Waals surface area contributed by atoms with Crippen LogP contribution in [0.5, 0.6) is 0 Å². The van der Waals surface area contributed by atoms with Crippen molar-refractivity contribution in [2.75, 3.05) is 5.75 Å². The molecule has 1 aromatic rings. The molecule has 0 aliphatic heterocycles. The van der Waals surface area contributed by atoms with Gasteiger partial charge in [0.2, 0.25) is 0 Å². The zero-order valence-corrected chi connectivity index (χ0v) is 10.7. The zero-order chi connectivity index (χ0) is 11.4. The summed E-state index contributed by atoms with van der Waals surface area (Å²) in [4.78, 5) is 0. The van der Waals surface area contributed by atoms with Crippen LogP contribution in [0.2, 0.25) is 10.0 Å². The average molecular weight is 266 g/mol. The van der Waals surface area contributed by atoms with Crippen molar-refractivity contribution < 1.29 is 4.21 Å². The quantitative estimate of drug-likeness (QED) is 0.910. The molecule has 2 atom stereocenters. The number of rotatable bonds is 4. The first kappa shape index (κ1) is 13.0. The summed E-state index contributed by atoms with van der Waals surface area (Å²) < 4.78 is 11.6. The Morgan fingerprint density at radius 2 is 2.07 bits per heavy atom. The standard InChI is InChI=1S/C10H13Cl2NOS/c1-7(13)5-15(14)6-8-2-3-9(11)10(12)4-8/h2-4,7H,5-6,13H2,1H3. The molecule has 0 radical (unpaired) electrons. The van der Waals surface area contributed by atoms with E-state index >= 15 is 0 Å². The molecule has 5 heteroatoms. The topological polar surface area (TPSA) is 43.1 Å². The van der Waals surface area contributed by atoms with E-state index in [1.54, 1.807) is 12.1 Å². The van der Waals surface area contributed by atoms with Crippen LogP contribution in [0.1, 0.15) is 12.5 Å². The number of nitrogens with two attached hydrogens (primary N) is 1. The SMILES string of the molecule is CC(N)CS(=O)Cc1ccc(Cl)c(Cl)c1. The number of hydrogen-bond acceptors (Lipinski definition) is 2. The lowest BCUT2D eigenvalue weighted by molar-refractivity contribution is 0.676. The molecule has 0 aliphatic carbocycles. The second-order valence-corrected chi connectivity index (χ2v) is 5.79. The molecule has 0 fully saturated rings. The Bertz CT molecular complexity index is 368. The first-order valence-corrected chi connectivity index (χ1v) is 6.78.